The molecular weight excluding hydrogens is 470 g/mol. The average Bonchev–Trinajstić information content (AvgIpc) is 3.27. The number of halogens is 1. The van der Waals surface area contributed by atoms with E-state index in [2.05, 4.69) is 15.7 Å². The van der Waals surface area contributed by atoms with E-state index in [-0.39, 0.29) is 23.3 Å². The van der Waals surface area contributed by atoms with E-state index in [9.17, 15) is 14.4 Å². The molecule has 10 heteroatoms. The van der Waals surface area contributed by atoms with Gasteiger partial charge in [-0.2, -0.15) is 5.10 Å². The maximum Gasteiger partial charge on any atom is 0.319 e. The number of amides is 3. The van der Waals surface area contributed by atoms with Gasteiger partial charge in [-0.25, -0.2) is 9.48 Å². The number of anilines is 1. The summed E-state index contributed by atoms with van der Waals surface area (Å²) in [5.74, 6) is -0.0347. The molecule has 3 aromatic rings. The highest BCUT2D eigenvalue weighted by Crippen LogP contribution is 2.49. The minimum absolute atomic E-state index is 0.0885. The SMILES string of the molecule is CCn1ncc2c(c1=O)CCN(C(=O)c1cc3cc(Cl)c4c(c3o1)C1(CCCCC1)NC(=O)N4)C2. The van der Waals surface area contributed by atoms with Crippen LogP contribution in [-0.2, 0) is 25.0 Å². The minimum atomic E-state index is -0.563. The van der Waals surface area contributed by atoms with E-state index in [1.54, 1.807) is 23.2 Å². The molecular formula is C25H26ClN5O4. The highest BCUT2D eigenvalue weighted by atomic mass is 35.5. The van der Waals surface area contributed by atoms with E-state index in [0.717, 1.165) is 54.2 Å². The van der Waals surface area contributed by atoms with E-state index in [1.165, 1.54) is 4.68 Å². The first kappa shape index (κ1) is 22.2. The highest BCUT2D eigenvalue weighted by molar-refractivity contribution is 6.35. The summed E-state index contributed by atoms with van der Waals surface area (Å²) < 4.78 is 7.67. The number of hydrogen-bond donors (Lipinski definition) is 2. The zero-order valence-electron chi connectivity index (χ0n) is 19.4. The molecule has 1 fully saturated rings. The molecule has 9 nitrogen and oxygen atoms in total. The third-order valence-electron chi connectivity index (χ3n) is 7.56. The van der Waals surface area contributed by atoms with Crippen LogP contribution in [0.3, 0.4) is 0 Å². The quantitative estimate of drug-likeness (QED) is 0.555. The van der Waals surface area contributed by atoms with Crippen LogP contribution in [0.15, 0.2) is 27.5 Å². The van der Waals surface area contributed by atoms with Crippen LogP contribution < -0.4 is 16.2 Å². The second-order valence-electron chi connectivity index (χ2n) is 9.61. The van der Waals surface area contributed by atoms with Crippen molar-refractivity contribution in [3.05, 3.63) is 56.2 Å². The van der Waals surface area contributed by atoms with E-state index >= 15 is 0 Å². The summed E-state index contributed by atoms with van der Waals surface area (Å²) in [7, 11) is 0. The molecule has 1 saturated carbocycles. The Morgan fingerprint density at radius 2 is 2.03 bits per heavy atom. The Labute approximate surface area is 206 Å². The minimum Gasteiger partial charge on any atom is -0.450 e. The Balaban J connectivity index is 1.39. The summed E-state index contributed by atoms with van der Waals surface area (Å²) in [6.07, 6.45) is 6.82. The van der Waals surface area contributed by atoms with Gasteiger partial charge >= 0.3 is 6.03 Å². The third-order valence-corrected chi connectivity index (χ3v) is 7.86. The number of aromatic nitrogens is 2. The Hall–Kier alpha value is -3.33. The zero-order chi connectivity index (χ0) is 24.3. The number of nitrogens with one attached hydrogen (secondary N) is 2. The molecule has 1 spiro atoms. The number of benzene rings is 1. The van der Waals surface area contributed by atoms with Crippen molar-refractivity contribution in [2.75, 3.05) is 11.9 Å². The van der Waals surface area contributed by atoms with Crippen LogP contribution in [0.25, 0.3) is 11.0 Å². The lowest BCUT2D eigenvalue weighted by molar-refractivity contribution is 0.0703. The number of furan rings is 1. The number of carbonyl (C=O) groups excluding carboxylic acids is 2. The van der Waals surface area contributed by atoms with Crippen molar-refractivity contribution in [1.82, 2.24) is 20.0 Å². The Morgan fingerprint density at radius 1 is 1.23 bits per heavy atom. The number of urea groups is 1. The molecule has 3 aliphatic rings. The molecule has 2 aliphatic heterocycles. The van der Waals surface area contributed by atoms with Crippen LogP contribution in [0.5, 0.6) is 0 Å². The maximum atomic E-state index is 13.5. The second-order valence-corrected chi connectivity index (χ2v) is 10.0. The zero-order valence-corrected chi connectivity index (χ0v) is 20.2. The van der Waals surface area contributed by atoms with Crippen LogP contribution >= 0.6 is 11.6 Å². The standard InChI is InChI=1S/C25H26ClN5O4/c1-2-31-22(32)16-6-9-30(13-15(16)12-27-31)23(33)18-11-14-10-17(26)20-19(21(14)35-18)25(29-24(34)28-20)7-4-3-5-8-25/h10-12H,2-9,13H2,1H3,(H2,28,29,34). The number of aryl methyl sites for hydroxylation is 1. The first-order valence-corrected chi connectivity index (χ1v) is 12.5. The third kappa shape index (κ3) is 3.43. The molecule has 0 saturated heterocycles. The molecule has 182 valence electrons. The number of carbonyl (C=O) groups is 2. The summed E-state index contributed by atoms with van der Waals surface area (Å²) in [6.45, 7) is 3.12. The Morgan fingerprint density at radius 3 is 2.80 bits per heavy atom. The molecule has 3 amide bonds. The van der Waals surface area contributed by atoms with Gasteiger partial charge in [0.15, 0.2) is 5.76 Å². The first-order valence-electron chi connectivity index (χ1n) is 12.1. The molecule has 2 aromatic heterocycles. The molecule has 2 N–H and O–H groups in total. The average molecular weight is 496 g/mol. The summed E-state index contributed by atoms with van der Waals surface area (Å²) >= 11 is 6.60. The molecule has 0 atom stereocenters. The molecule has 0 unspecified atom stereocenters. The van der Waals surface area contributed by atoms with E-state index < -0.39 is 5.54 Å². The van der Waals surface area contributed by atoms with E-state index in [4.69, 9.17) is 16.0 Å². The number of rotatable bonds is 2. The number of fused-ring (bicyclic) bond motifs is 5. The van der Waals surface area contributed by atoms with Crippen molar-refractivity contribution < 1.29 is 14.0 Å². The van der Waals surface area contributed by atoms with Crippen LogP contribution in [0.2, 0.25) is 5.02 Å². The molecule has 0 radical (unpaired) electrons. The lowest BCUT2D eigenvalue weighted by Crippen LogP contribution is -2.52. The lowest BCUT2D eigenvalue weighted by atomic mass is 9.74. The van der Waals surface area contributed by atoms with Crippen LogP contribution in [-0.4, -0.2) is 33.2 Å². The van der Waals surface area contributed by atoms with Crippen molar-refractivity contribution in [2.45, 2.75) is 64.1 Å². The second kappa shape index (κ2) is 8.12. The highest BCUT2D eigenvalue weighted by Gasteiger charge is 2.44. The molecule has 6 rings (SSSR count). The summed E-state index contributed by atoms with van der Waals surface area (Å²) in [4.78, 5) is 40.2. The number of hydrogen-bond acceptors (Lipinski definition) is 5. The van der Waals surface area contributed by atoms with Gasteiger partial charge in [0.1, 0.15) is 5.58 Å². The summed E-state index contributed by atoms with van der Waals surface area (Å²) in [6, 6.07) is 3.19. The Kier molecular flexibility index (Phi) is 5.14. The molecule has 4 heterocycles. The van der Waals surface area contributed by atoms with E-state index in [0.29, 0.717) is 42.3 Å². The van der Waals surface area contributed by atoms with Gasteiger partial charge in [0.2, 0.25) is 0 Å². The van der Waals surface area contributed by atoms with Gasteiger partial charge in [0.05, 0.1) is 22.4 Å². The van der Waals surface area contributed by atoms with Gasteiger partial charge in [-0.1, -0.05) is 30.9 Å². The van der Waals surface area contributed by atoms with Crippen LogP contribution in [0.1, 0.15) is 66.3 Å². The topological polar surface area (TPSA) is 109 Å². The molecule has 1 aromatic carbocycles. The fourth-order valence-corrected chi connectivity index (χ4v) is 6.10. The van der Waals surface area contributed by atoms with Crippen molar-refractivity contribution in [3.63, 3.8) is 0 Å². The maximum absolute atomic E-state index is 13.5. The smallest absolute Gasteiger partial charge is 0.319 e. The molecule has 0 bridgehead atoms. The van der Waals surface area contributed by atoms with Gasteiger partial charge in [-0.15, -0.1) is 0 Å². The fraction of sp³-hybridized carbons (Fsp3) is 0.440. The lowest BCUT2D eigenvalue weighted by Gasteiger charge is -2.42. The van der Waals surface area contributed by atoms with Crippen LogP contribution in [0.4, 0.5) is 10.5 Å². The normalized spacial score (nSPS) is 18.7. The van der Waals surface area contributed by atoms with Gasteiger partial charge in [0.25, 0.3) is 11.5 Å². The van der Waals surface area contributed by atoms with E-state index in [1.807, 2.05) is 6.92 Å². The Bertz CT molecular complexity index is 1440. The van der Waals surface area contributed by atoms with Crippen molar-refractivity contribution >= 4 is 40.2 Å². The predicted molar refractivity (Wildman–Crippen MR) is 131 cm³/mol. The predicted octanol–water partition coefficient (Wildman–Crippen LogP) is 4.16. The summed E-state index contributed by atoms with van der Waals surface area (Å²) in [5.41, 5.74) is 2.80. The van der Waals surface area contributed by atoms with Crippen molar-refractivity contribution in [2.24, 2.45) is 0 Å². The number of nitrogens with zero attached hydrogens (tertiary/aromatic N) is 3. The first-order chi connectivity index (χ1) is 16.9. The summed E-state index contributed by atoms with van der Waals surface area (Å²) in [5, 5.41) is 11.3. The van der Waals surface area contributed by atoms with Gasteiger partial charge < -0.3 is 20.0 Å². The fourth-order valence-electron chi connectivity index (χ4n) is 5.84. The largest absolute Gasteiger partial charge is 0.450 e. The molecule has 1 aliphatic carbocycles. The van der Waals surface area contributed by atoms with Crippen molar-refractivity contribution in [1.29, 1.82) is 0 Å². The monoisotopic (exact) mass is 495 g/mol. The van der Waals surface area contributed by atoms with Gasteiger partial charge in [-0.05, 0) is 38.3 Å². The van der Waals surface area contributed by atoms with Crippen molar-refractivity contribution in [3.8, 4) is 0 Å². The van der Waals surface area contributed by atoms with Gasteiger partial charge in [-0.3, -0.25) is 9.59 Å². The van der Waals surface area contributed by atoms with Gasteiger partial charge in [0, 0.05) is 41.7 Å². The van der Waals surface area contributed by atoms with Crippen LogP contribution in [0, 0.1) is 0 Å². The molecule has 35 heavy (non-hydrogen) atoms.